The summed E-state index contributed by atoms with van der Waals surface area (Å²) < 4.78 is 4.87. The van der Waals surface area contributed by atoms with Crippen LogP contribution in [0.25, 0.3) is 0 Å². The van der Waals surface area contributed by atoms with E-state index in [4.69, 9.17) is 4.74 Å². The summed E-state index contributed by atoms with van der Waals surface area (Å²) in [4.78, 5) is 24.1. The Balaban J connectivity index is 1.95. The maximum Gasteiger partial charge on any atom is 0.325 e. The minimum Gasteiger partial charge on any atom is -0.465 e. The van der Waals surface area contributed by atoms with Crippen LogP contribution >= 0.6 is 0 Å². The molecule has 2 N–H and O–H groups in total. The van der Waals surface area contributed by atoms with Crippen LogP contribution in [-0.4, -0.2) is 31.6 Å². The van der Waals surface area contributed by atoms with E-state index in [1.54, 1.807) is 6.92 Å². The first-order valence-corrected chi connectivity index (χ1v) is 10.0. The highest BCUT2D eigenvalue weighted by Crippen LogP contribution is 2.36. The number of esters is 1. The Bertz CT molecular complexity index is 847. The Morgan fingerprint density at radius 2 is 1.17 bits per heavy atom. The van der Waals surface area contributed by atoms with Crippen molar-refractivity contribution >= 4 is 11.9 Å². The van der Waals surface area contributed by atoms with E-state index in [0.717, 1.165) is 16.7 Å². The second kappa shape index (κ2) is 10.4. The second-order valence-electron chi connectivity index (χ2n) is 6.78. The van der Waals surface area contributed by atoms with Crippen LogP contribution in [0.15, 0.2) is 91.0 Å². The molecule has 0 aliphatic carbocycles. The van der Waals surface area contributed by atoms with Crippen molar-refractivity contribution < 1.29 is 14.3 Å². The lowest BCUT2D eigenvalue weighted by atomic mass is 9.77. The Labute approximate surface area is 177 Å². The van der Waals surface area contributed by atoms with E-state index in [1.165, 1.54) is 0 Å². The fraction of sp³-hybridized carbons (Fsp3) is 0.200. The van der Waals surface area contributed by atoms with E-state index >= 15 is 0 Å². The lowest BCUT2D eigenvalue weighted by molar-refractivity contribution is -0.143. The van der Waals surface area contributed by atoms with Gasteiger partial charge in [0.25, 0.3) is 0 Å². The van der Waals surface area contributed by atoms with Gasteiger partial charge in [-0.1, -0.05) is 91.0 Å². The third kappa shape index (κ3) is 4.93. The van der Waals surface area contributed by atoms with Crippen molar-refractivity contribution in [3.8, 4) is 0 Å². The lowest BCUT2D eigenvalue weighted by Crippen LogP contribution is -2.49. The first kappa shape index (κ1) is 21.3. The van der Waals surface area contributed by atoms with Crippen molar-refractivity contribution in [2.24, 2.45) is 0 Å². The standard InChI is InChI=1S/C25H26N2O3/c1-2-30-24(29)19-26-23(28)18-27-25(20-12-6-3-7-13-20,21-14-8-4-9-15-21)22-16-10-5-11-17-22/h3-17,27H,2,18-19H2,1H3,(H,26,28). The number of hydrogen-bond donors (Lipinski definition) is 2. The minimum absolute atomic E-state index is 0.0259. The fourth-order valence-electron chi connectivity index (χ4n) is 3.53. The third-order valence-corrected chi connectivity index (χ3v) is 4.87. The van der Waals surface area contributed by atoms with Crippen molar-refractivity contribution in [1.29, 1.82) is 0 Å². The van der Waals surface area contributed by atoms with Gasteiger partial charge in [-0.3, -0.25) is 14.9 Å². The predicted molar refractivity (Wildman–Crippen MR) is 117 cm³/mol. The topological polar surface area (TPSA) is 67.4 Å². The molecule has 0 radical (unpaired) electrons. The first-order chi connectivity index (χ1) is 14.7. The van der Waals surface area contributed by atoms with Crippen molar-refractivity contribution in [3.05, 3.63) is 108 Å². The Hall–Kier alpha value is -3.44. The van der Waals surface area contributed by atoms with Gasteiger partial charge in [-0.15, -0.1) is 0 Å². The average Bonchev–Trinajstić information content (AvgIpc) is 2.80. The molecule has 0 aromatic heterocycles. The zero-order valence-electron chi connectivity index (χ0n) is 17.0. The molecule has 0 bridgehead atoms. The highest BCUT2D eigenvalue weighted by Gasteiger charge is 2.36. The summed E-state index contributed by atoms with van der Waals surface area (Å²) >= 11 is 0. The van der Waals surface area contributed by atoms with Gasteiger partial charge in [-0.05, 0) is 23.6 Å². The number of carbonyl (C=O) groups is 2. The molecule has 5 nitrogen and oxygen atoms in total. The van der Waals surface area contributed by atoms with Crippen LogP contribution in [0, 0.1) is 0 Å². The molecule has 0 saturated heterocycles. The van der Waals surface area contributed by atoms with E-state index in [1.807, 2.05) is 91.0 Å². The fourth-order valence-corrected chi connectivity index (χ4v) is 3.53. The molecule has 0 aliphatic heterocycles. The quantitative estimate of drug-likeness (QED) is 0.426. The van der Waals surface area contributed by atoms with Gasteiger partial charge in [0.1, 0.15) is 6.54 Å². The Morgan fingerprint density at radius 3 is 1.57 bits per heavy atom. The SMILES string of the molecule is CCOC(=O)CNC(=O)CNC(c1ccccc1)(c1ccccc1)c1ccccc1. The Kier molecular flexibility index (Phi) is 7.35. The molecule has 154 valence electrons. The number of amides is 1. The number of benzene rings is 3. The van der Waals surface area contributed by atoms with Crippen molar-refractivity contribution in [1.82, 2.24) is 10.6 Å². The van der Waals surface area contributed by atoms with Crippen LogP contribution in [0.4, 0.5) is 0 Å². The van der Waals surface area contributed by atoms with Gasteiger partial charge in [0, 0.05) is 0 Å². The number of ether oxygens (including phenoxy) is 1. The van der Waals surface area contributed by atoms with Crippen LogP contribution in [0.2, 0.25) is 0 Å². The Morgan fingerprint density at radius 1 is 0.733 bits per heavy atom. The summed E-state index contributed by atoms with van der Waals surface area (Å²) in [5, 5.41) is 6.09. The molecule has 0 heterocycles. The maximum absolute atomic E-state index is 12.5. The number of nitrogens with one attached hydrogen (secondary N) is 2. The summed E-state index contributed by atoms with van der Waals surface area (Å²) in [6.45, 7) is 1.89. The summed E-state index contributed by atoms with van der Waals surface area (Å²) in [6, 6.07) is 30.1. The molecular weight excluding hydrogens is 376 g/mol. The van der Waals surface area contributed by atoms with E-state index in [2.05, 4.69) is 10.6 Å². The van der Waals surface area contributed by atoms with Gasteiger partial charge in [-0.2, -0.15) is 0 Å². The van der Waals surface area contributed by atoms with E-state index in [0.29, 0.717) is 0 Å². The molecular formula is C25H26N2O3. The molecule has 0 atom stereocenters. The van der Waals surface area contributed by atoms with E-state index in [-0.39, 0.29) is 25.6 Å². The molecule has 0 spiro atoms. The van der Waals surface area contributed by atoms with Crippen molar-refractivity contribution in [2.45, 2.75) is 12.5 Å². The largest absolute Gasteiger partial charge is 0.465 e. The number of hydrogen-bond acceptors (Lipinski definition) is 4. The van der Waals surface area contributed by atoms with Crippen LogP contribution in [-0.2, 0) is 19.9 Å². The van der Waals surface area contributed by atoms with Gasteiger partial charge in [0.15, 0.2) is 0 Å². The molecule has 3 aromatic carbocycles. The molecule has 0 unspecified atom stereocenters. The van der Waals surface area contributed by atoms with E-state index in [9.17, 15) is 9.59 Å². The van der Waals surface area contributed by atoms with Crippen molar-refractivity contribution in [3.63, 3.8) is 0 Å². The third-order valence-electron chi connectivity index (χ3n) is 4.87. The summed E-state index contributed by atoms with van der Waals surface area (Å²) in [5.41, 5.74) is 2.31. The minimum atomic E-state index is -0.731. The smallest absolute Gasteiger partial charge is 0.325 e. The highest BCUT2D eigenvalue weighted by atomic mass is 16.5. The molecule has 5 heteroatoms. The molecule has 30 heavy (non-hydrogen) atoms. The monoisotopic (exact) mass is 402 g/mol. The number of rotatable bonds is 9. The molecule has 0 fully saturated rings. The zero-order chi connectivity index (χ0) is 21.2. The lowest BCUT2D eigenvalue weighted by Gasteiger charge is -2.37. The normalized spacial score (nSPS) is 11.0. The summed E-state index contributed by atoms with van der Waals surface area (Å²) in [5.74, 6) is -0.735. The maximum atomic E-state index is 12.5. The molecule has 0 aliphatic rings. The van der Waals surface area contributed by atoms with Gasteiger partial charge in [-0.25, -0.2) is 0 Å². The molecule has 1 amide bonds. The highest BCUT2D eigenvalue weighted by molar-refractivity contribution is 5.83. The first-order valence-electron chi connectivity index (χ1n) is 10.0. The summed E-state index contributed by atoms with van der Waals surface area (Å²) in [7, 11) is 0. The van der Waals surface area contributed by atoms with Crippen LogP contribution in [0.1, 0.15) is 23.6 Å². The molecule has 3 aromatic rings. The second-order valence-corrected chi connectivity index (χ2v) is 6.78. The van der Waals surface area contributed by atoms with Crippen LogP contribution in [0.5, 0.6) is 0 Å². The van der Waals surface area contributed by atoms with Gasteiger partial charge in [0.2, 0.25) is 5.91 Å². The summed E-state index contributed by atoms with van der Waals surface area (Å²) in [6.07, 6.45) is 0. The van der Waals surface area contributed by atoms with Gasteiger partial charge >= 0.3 is 5.97 Å². The van der Waals surface area contributed by atoms with Crippen molar-refractivity contribution in [2.75, 3.05) is 19.7 Å². The van der Waals surface area contributed by atoms with Crippen LogP contribution in [0.3, 0.4) is 0 Å². The predicted octanol–water partition coefficient (Wildman–Crippen LogP) is 3.25. The average molecular weight is 402 g/mol. The molecule has 0 saturated carbocycles. The van der Waals surface area contributed by atoms with Gasteiger partial charge < -0.3 is 10.1 Å². The zero-order valence-corrected chi connectivity index (χ0v) is 17.0. The number of carbonyl (C=O) groups excluding carboxylic acids is 2. The molecule has 3 rings (SSSR count). The van der Waals surface area contributed by atoms with Crippen LogP contribution < -0.4 is 10.6 Å². The van der Waals surface area contributed by atoms with Gasteiger partial charge in [0.05, 0.1) is 18.7 Å². The van der Waals surface area contributed by atoms with E-state index < -0.39 is 11.5 Å².